The van der Waals surface area contributed by atoms with Gasteiger partial charge in [-0.05, 0) is 73.8 Å². The van der Waals surface area contributed by atoms with Crippen molar-refractivity contribution in [1.29, 1.82) is 5.26 Å². The SMILES string of the molecule is N#Cc1ccccc1CC1(Nc2ccc(C(=O)N3CCN(Cc4ccc(F)cc4)CC3)cn2)CCNCC1. The Bertz CT molecular complexity index is 1270. The molecule has 0 aliphatic carbocycles. The van der Waals surface area contributed by atoms with Gasteiger partial charge in [0.25, 0.3) is 5.91 Å². The molecular weight excluding hydrogens is 479 g/mol. The average Bonchev–Trinajstić information content (AvgIpc) is 2.95. The van der Waals surface area contributed by atoms with Crippen molar-refractivity contribution in [3.05, 3.63) is 94.9 Å². The third-order valence-corrected chi connectivity index (χ3v) is 7.61. The smallest absolute Gasteiger partial charge is 0.255 e. The van der Waals surface area contributed by atoms with Crippen LogP contribution in [0.3, 0.4) is 0 Å². The minimum Gasteiger partial charge on any atom is -0.364 e. The Balaban J connectivity index is 1.20. The molecule has 2 saturated heterocycles. The van der Waals surface area contributed by atoms with Crippen LogP contribution in [-0.4, -0.2) is 65.5 Å². The summed E-state index contributed by atoms with van der Waals surface area (Å²) in [5, 5.41) is 16.6. The lowest BCUT2D eigenvalue weighted by molar-refractivity contribution is 0.0628. The monoisotopic (exact) mass is 512 g/mol. The fourth-order valence-electron chi connectivity index (χ4n) is 5.41. The van der Waals surface area contributed by atoms with E-state index in [9.17, 15) is 14.4 Å². The van der Waals surface area contributed by atoms with Crippen molar-refractivity contribution in [2.75, 3.05) is 44.6 Å². The molecule has 2 aliphatic heterocycles. The molecule has 0 bridgehead atoms. The van der Waals surface area contributed by atoms with Gasteiger partial charge in [0.1, 0.15) is 11.6 Å². The molecule has 0 spiro atoms. The lowest BCUT2D eigenvalue weighted by atomic mass is 9.81. The molecule has 1 amide bonds. The topological polar surface area (TPSA) is 84.3 Å². The number of carbonyl (C=O) groups excluding carboxylic acids is 1. The van der Waals surface area contributed by atoms with Crippen LogP contribution in [0, 0.1) is 17.1 Å². The Morgan fingerprint density at radius 1 is 1.03 bits per heavy atom. The Labute approximate surface area is 223 Å². The zero-order chi connectivity index (χ0) is 26.4. The number of halogens is 1. The number of anilines is 1. The number of piperidine rings is 1. The van der Waals surface area contributed by atoms with Crippen LogP contribution in [0.1, 0.15) is 39.9 Å². The van der Waals surface area contributed by atoms with Gasteiger partial charge in [0.05, 0.1) is 17.2 Å². The summed E-state index contributed by atoms with van der Waals surface area (Å²) in [4.78, 5) is 21.9. The van der Waals surface area contributed by atoms with E-state index in [0.29, 0.717) is 24.2 Å². The number of nitrogens with one attached hydrogen (secondary N) is 2. The summed E-state index contributed by atoms with van der Waals surface area (Å²) in [5.74, 6) is 0.501. The second kappa shape index (κ2) is 11.7. The molecule has 0 saturated carbocycles. The summed E-state index contributed by atoms with van der Waals surface area (Å²) < 4.78 is 13.2. The number of amides is 1. The fourth-order valence-corrected chi connectivity index (χ4v) is 5.41. The van der Waals surface area contributed by atoms with Gasteiger partial charge < -0.3 is 15.5 Å². The first kappa shape index (κ1) is 25.8. The molecule has 5 rings (SSSR count). The van der Waals surface area contributed by atoms with Crippen molar-refractivity contribution in [2.45, 2.75) is 31.3 Å². The highest BCUT2D eigenvalue weighted by Crippen LogP contribution is 2.29. The molecular formula is C30H33FN6O. The summed E-state index contributed by atoms with van der Waals surface area (Å²) in [7, 11) is 0. The van der Waals surface area contributed by atoms with Crippen molar-refractivity contribution in [1.82, 2.24) is 20.1 Å². The van der Waals surface area contributed by atoms with E-state index < -0.39 is 0 Å². The number of pyridine rings is 1. The van der Waals surface area contributed by atoms with Crippen molar-refractivity contribution in [3.8, 4) is 6.07 Å². The summed E-state index contributed by atoms with van der Waals surface area (Å²) in [6.45, 7) is 5.38. The molecule has 2 aromatic carbocycles. The highest BCUT2D eigenvalue weighted by Gasteiger charge is 2.33. The van der Waals surface area contributed by atoms with Gasteiger partial charge in [0.2, 0.25) is 0 Å². The Morgan fingerprint density at radius 3 is 2.45 bits per heavy atom. The highest BCUT2D eigenvalue weighted by molar-refractivity contribution is 5.94. The lowest BCUT2D eigenvalue weighted by Crippen LogP contribution is -2.49. The van der Waals surface area contributed by atoms with E-state index in [1.165, 1.54) is 12.1 Å². The number of piperazine rings is 1. The van der Waals surface area contributed by atoms with E-state index in [4.69, 9.17) is 0 Å². The average molecular weight is 513 g/mol. The minimum absolute atomic E-state index is 0.00925. The number of benzene rings is 2. The predicted octanol–water partition coefficient (Wildman–Crippen LogP) is 3.83. The highest BCUT2D eigenvalue weighted by atomic mass is 19.1. The molecule has 38 heavy (non-hydrogen) atoms. The molecule has 8 heteroatoms. The van der Waals surface area contributed by atoms with Gasteiger partial charge in [0, 0.05) is 44.5 Å². The van der Waals surface area contributed by atoms with E-state index in [-0.39, 0.29) is 17.3 Å². The van der Waals surface area contributed by atoms with Gasteiger partial charge in [-0.25, -0.2) is 9.37 Å². The standard InChI is InChI=1S/C30H33FN6O/c31-27-8-5-23(6-9-27)22-36-15-17-37(18-16-36)29(38)26-7-10-28(34-21-26)35-30(11-13-33-14-12-30)19-24-3-1-2-4-25(24)20-32/h1-10,21,33H,11-19,22H2,(H,34,35). The van der Waals surface area contributed by atoms with Crippen molar-refractivity contribution >= 4 is 11.7 Å². The molecule has 2 aliphatic rings. The summed E-state index contributed by atoms with van der Waals surface area (Å²) in [6, 6.07) is 20.4. The maximum absolute atomic E-state index is 13.2. The third-order valence-electron chi connectivity index (χ3n) is 7.61. The van der Waals surface area contributed by atoms with Crippen LogP contribution in [0.4, 0.5) is 10.2 Å². The molecule has 196 valence electrons. The van der Waals surface area contributed by atoms with Gasteiger partial charge in [0.15, 0.2) is 0 Å². The maximum atomic E-state index is 13.2. The quantitative estimate of drug-likeness (QED) is 0.501. The largest absolute Gasteiger partial charge is 0.364 e. The summed E-state index contributed by atoms with van der Waals surface area (Å²) in [5.41, 5.74) is 3.18. The van der Waals surface area contributed by atoms with Gasteiger partial charge >= 0.3 is 0 Å². The normalized spacial score (nSPS) is 17.5. The minimum atomic E-state index is -0.228. The zero-order valence-corrected chi connectivity index (χ0v) is 21.5. The van der Waals surface area contributed by atoms with Crippen LogP contribution >= 0.6 is 0 Å². The predicted molar refractivity (Wildman–Crippen MR) is 145 cm³/mol. The number of rotatable bonds is 7. The van der Waals surface area contributed by atoms with E-state index in [1.54, 1.807) is 6.20 Å². The Kier molecular flexibility index (Phi) is 7.97. The van der Waals surface area contributed by atoms with Crippen LogP contribution in [0.25, 0.3) is 0 Å². The molecule has 0 unspecified atom stereocenters. The molecule has 1 aromatic heterocycles. The molecule has 0 radical (unpaired) electrons. The number of carbonyl (C=O) groups is 1. The first-order valence-electron chi connectivity index (χ1n) is 13.2. The van der Waals surface area contributed by atoms with Crippen LogP contribution in [0.2, 0.25) is 0 Å². The van der Waals surface area contributed by atoms with Crippen LogP contribution in [0.15, 0.2) is 66.9 Å². The van der Waals surface area contributed by atoms with E-state index in [2.05, 4.69) is 26.6 Å². The van der Waals surface area contributed by atoms with Crippen molar-refractivity contribution in [3.63, 3.8) is 0 Å². The number of hydrogen-bond donors (Lipinski definition) is 2. The first-order chi connectivity index (χ1) is 18.5. The Morgan fingerprint density at radius 2 is 1.76 bits per heavy atom. The molecule has 2 fully saturated rings. The van der Waals surface area contributed by atoms with E-state index in [0.717, 1.165) is 68.9 Å². The summed E-state index contributed by atoms with van der Waals surface area (Å²) in [6.07, 6.45) is 4.23. The van der Waals surface area contributed by atoms with Crippen LogP contribution in [0.5, 0.6) is 0 Å². The van der Waals surface area contributed by atoms with Crippen LogP contribution in [-0.2, 0) is 13.0 Å². The van der Waals surface area contributed by atoms with Crippen molar-refractivity contribution < 1.29 is 9.18 Å². The second-order valence-corrected chi connectivity index (χ2v) is 10.2. The molecule has 0 atom stereocenters. The van der Waals surface area contributed by atoms with Gasteiger partial charge in [-0.2, -0.15) is 5.26 Å². The third kappa shape index (κ3) is 6.18. The Hall–Kier alpha value is -3.80. The maximum Gasteiger partial charge on any atom is 0.255 e. The molecule has 7 nitrogen and oxygen atoms in total. The van der Waals surface area contributed by atoms with E-state index >= 15 is 0 Å². The first-order valence-corrected chi connectivity index (χ1v) is 13.2. The molecule has 2 N–H and O–H groups in total. The fraction of sp³-hybridized carbons (Fsp3) is 0.367. The summed E-state index contributed by atoms with van der Waals surface area (Å²) >= 11 is 0. The number of nitriles is 1. The second-order valence-electron chi connectivity index (χ2n) is 10.2. The molecule has 3 aromatic rings. The van der Waals surface area contributed by atoms with Crippen molar-refractivity contribution in [2.24, 2.45) is 0 Å². The van der Waals surface area contributed by atoms with E-state index in [1.807, 2.05) is 53.4 Å². The zero-order valence-electron chi connectivity index (χ0n) is 21.5. The molecule has 3 heterocycles. The number of aromatic nitrogens is 1. The lowest BCUT2D eigenvalue weighted by Gasteiger charge is -2.39. The van der Waals surface area contributed by atoms with Gasteiger partial charge in [-0.1, -0.05) is 30.3 Å². The van der Waals surface area contributed by atoms with Crippen LogP contribution < -0.4 is 10.6 Å². The van der Waals surface area contributed by atoms with Gasteiger partial charge in [-0.3, -0.25) is 9.69 Å². The number of hydrogen-bond acceptors (Lipinski definition) is 6. The van der Waals surface area contributed by atoms with Gasteiger partial charge in [-0.15, -0.1) is 0 Å². The number of nitrogens with zero attached hydrogens (tertiary/aromatic N) is 4.